The van der Waals surface area contributed by atoms with Gasteiger partial charge in [-0.15, -0.1) is 0 Å². The van der Waals surface area contributed by atoms with E-state index in [9.17, 15) is 0 Å². The lowest BCUT2D eigenvalue weighted by Crippen LogP contribution is -2.06. The van der Waals surface area contributed by atoms with Gasteiger partial charge in [-0.2, -0.15) is 5.10 Å². The van der Waals surface area contributed by atoms with Gasteiger partial charge in [0.15, 0.2) is 10.8 Å². The SMILES string of the molecule is CCCOCn1ncc2c(C)nc(SC)nc21. The Morgan fingerprint density at radius 1 is 1.41 bits per heavy atom. The maximum Gasteiger partial charge on any atom is 0.189 e. The molecule has 0 saturated heterocycles. The lowest BCUT2D eigenvalue weighted by Gasteiger charge is -2.05. The number of aryl methyl sites for hydroxylation is 1. The van der Waals surface area contributed by atoms with Gasteiger partial charge in [0.1, 0.15) is 6.73 Å². The van der Waals surface area contributed by atoms with Crippen molar-refractivity contribution in [2.45, 2.75) is 32.2 Å². The van der Waals surface area contributed by atoms with Crippen LogP contribution in [-0.4, -0.2) is 32.6 Å². The molecule has 2 aromatic rings. The van der Waals surface area contributed by atoms with Crippen molar-refractivity contribution in [3.8, 4) is 0 Å². The zero-order valence-electron chi connectivity index (χ0n) is 10.3. The number of hydrogen-bond acceptors (Lipinski definition) is 5. The Morgan fingerprint density at radius 3 is 2.94 bits per heavy atom. The smallest absolute Gasteiger partial charge is 0.189 e. The van der Waals surface area contributed by atoms with Crippen LogP contribution >= 0.6 is 11.8 Å². The van der Waals surface area contributed by atoms with E-state index in [0.29, 0.717) is 6.73 Å². The monoisotopic (exact) mass is 252 g/mol. The van der Waals surface area contributed by atoms with Gasteiger partial charge < -0.3 is 4.74 Å². The van der Waals surface area contributed by atoms with Crippen LogP contribution in [0.3, 0.4) is 0 Å². The molecule has 0 aromatic carbocycles. The summed E-state index contributed by atoms with van der Waals surface area (Å²) in [4.78, 5) is 8.85. The number of ether oxygens (including phenoxy) is 1. The second kappa shape index (κ2) is 5.46. The number of fused-ring (bicyclic) bond motifs is 1. The van der Waals surface area contributed by atoms with Crippen molar-refractivity contribution >= 4 is 22.8 Å². The lowest BCUT2D eigenvalue weighted by molar-refractivity contribution is 0.0718. The summed E-state index contributed by atoms with van der Waals surface area (Å²) in [5.74, 6) is 0. The van der Waals surface area contributed by atoms with E-state index >= 15 is 0 Å². The molecule has 17 heavy (non-hydrogen) atoms. The maximum atomic E-state index is 5.48. The van der Waals surface area contributed by atoms with Crippen molar-refractivity contribution < 1.29 is 4.74 Å². The molecular formula is C11H16N4OS. The molecule has 0 amide bonds. The molecule has 0 bridgehead atoms. The van der Waals surface area contributed by atoms with Gasteiger partial charge in [0.25, 0.3) is 0 Å². The van der Waals surface area contributed by atoms with E-state index in [1.165, 1.54) is 11.8 Å². The number of aromatic nitrogens is 4. The Kier molecular flexibility index (Phi) is 3.96. The standard InChI is InChI=1S/C11H16N4OS/c1-4-5-16-7-15-10-9(6-12-15)8(2)13-11(14-10)17-3/h6H,4-5,7H2,1-3H3. The molecular weight excluding hydrogens is 236 g/mol. The normalized spacial score (nSPS) is 11.2. The van der Waals surface area contributed by atoms with E-state index in [1.807, 2.05) is 13.2 Å². The van der Waals surface area contributed by atoms with E-state index in [0.717, 1.165) is 34.9 Å². The zero-order valence-corrected chi connectivity index (χ0v) is 11.1. The Labute approximate surface area is 105 Å². The molecule has 0 radical (unpaired) electrons. The van der Waals surface area contributed by atoms with Crippen LogP contribution in [-0.2, 0) is 11.5 Å². The van der Waals surface area contributed by atoms with Crippen molar-refractivity contribution in [2.75, 3.05) is 12.9 Å². The van der Waals surface area contributed by atoms with Crippen LogP contribution in [0.4, 0.5) is 0 Å². The lowest BCUT2D eigenvalue weighted by atomic mass is 10.3. The molecule has 5 nitrogen and oxygen atoms in total. The molecule has 0 aliphatic rings. The summed E-state index contributed by atoms with van der Waals surface area (Å²) in [6.45, 7) is 5.24. The molecule has 0 N–H and O–H groups in total. The van der Waals surface area contributed by atoms with Gasteiger partial charge in [0, 0.05) is 6.61 Å². The summed E-state index contributed by atoms with van der Waals surface area (Å²) in [6.07, 6.45) is 4.77. The van der Waals surface area contributed by atoms with Crippen molar-refractivity contribution in [1.29, 1.82) is 0 Å². The highest BCUT2D eigenvalue weighted by atomic mass is 32.2. The van der Waals surface area contributed by atoms with Crippen LogP contribution in [0.5, 0.6) is 0 Å². The van der Waals surface area contributed by atoms with Crippen LogP contribution < -0.4 is 0 Å². The van der Waals surface area contributed by atoms with Crippen molar-refractivity contribution in [2.24, 2.45) is 0 Å². The molecule has 2 aromatic heterocycles. The van der Waals surface area contributed by atoms with Crippen LogP contribution in [0, 0.1) is 6.92 Å². The van der Waals surface area contributed by atoms with E-state index in [2.05, 4.69) is 22.0 Å². The van der Waals surface area contributed by atoms with Gasteiger partial charge in [-0.25, -0.2) is 14.6 Å². The van der Waals surface area contributed by atoms with Gasteiger partial charge in [-0.3, -0.25) is 0 Å². The van der Waals surface area contributed by atoms with Gasteiger partial charge in [-0.1, -0.05) is 18.7 Å². The van der Waals surface area contributed by atoms with Gasteiger partial charge in [0.05, 0.1) is 17.3 Å². The second-order valence-corrected chi connectivity index (χ2v) is 4.49. The largest absolute Gasteiger partial charge is 0.359 e. The molecule has 2 rings (SSSR count). The summed E-state index contributed by atoms with van der Waals surface area (Å²) in [7, 11) is 0. The predicted octanol–water partition coefficient (Wildman–Crippen LogP) is 2.24. The minimum atomic E-state index is 0.446. The van der Waals surface area contributed by atoms with Gasteiger partial charge >= 0.3 is 0 Å². The first-order chi connectivity index (χ1) is 8.26. The fraction of sp³-hybridized carbons (Fsp3) is 0.545. The number of rotatable bonds is 5. The van der Waals surface area contributed by atoms with Crippen molar-refractivity contribution in [3.63, 3.8) is 0 Å². The topological polar surface area (TPSA) is 52.8 Å². The molecule has 0 atom stereocenters. The third kappa shape index (κ3) is 2.58. The highest BCUT2D eigenvalue weighted by Crippen LogP contribution is 2.18. The molecule has 0 aliphatic carbocycles. The van der Waals surface area contributed by atoms with Crippen LogP contribution in [0.1, 0.15) is 19.0 Å². The predicted molar refractivity (Wildman–Crippen MR) is 68.1 cm³/mol. The first kappa shape index (κ1) is 12.3. The van der Waals surface area contributed by atoms with E-state index in [4.69, 9.17) is 4.74 Å². The van der Waals surface area contributed by atoms with Crippen LogP contribution in [0.25, 0.3) is 11.0 Å². The van der Waals surface area contributed by atoms with E-state index in [1.54, 1.807) is 10.9 Å². The Morgan fingerprint density at radius 2 is 2.24 bits per heavy atom. The van der Waals surface area contributed by atoms with Gasteiger partial charge in [-0.05, 0) is 19.6 Å². The summed E-state index contributed by atoms with van der Waals surface area (Å²) in [5.41, 5.74) is 1.80. The number of thioether (sulfide) groups is 1. The molecule has 0 saturated carbocycles. The Balaban J connectivity index is 2.33. The molecule has 0 unspecified atom stereocenters. The van der Waals surface area contributed by atoms with E-state index in [-0.39, 0.29) is 0 Å². The number of nitrogens with zero attached hydrogens (tertiary/aromatic N) is 4. The van der Waals surface area contributed by atoms with Crippen LogP contribution in [0.2, 0.25) is 0 Å². The first-order valence-corrected chi connectivity index (χ1v) is 6.80. The third-order valence-corrected chi connectivity index (χ3v) is 2.96. The van der Waals surface area contributed by atoms with Crippen molar-refractivity contribution in [1.82, 2.24) is 19.7 Å². The minimum Gasteiger partial charge on any atom is -0.359 e. The van der Waals surface area contributed by atoms with E-state index < -0.39 is 0 Å². The summed E-state index contributed by atoms with van der Waals surface area (Å²) < 4.78 is 7.26. The molecule has 2 heterocycles. The fourth-order valence-electron chi connectivity index (χ4n) is 1.55. The molecule has 0 aliphatic heterocycles. The highest BCUT2D eigenvalue weighted by molar-refractivity contribution is 7.98. The fourth-order valence-corrected chi connectivity index (χ4v) is 1.96. The van der Waals surface area contributed by atoms with Crippen LogP contribution in [0.15, 0.2) is 11.4 Å². The van der Waals surface area contributed by atoms with Gasteiger partial charge in [0.2, 0.25) is 0 Å². The highest BCUT2D eigenvalue weighted by Gasteiger charge is 2.09. The Bertz CT molecular complexity index is 511. The quantitative estimate of drug-likeness (QED) is 0.464. The number of hydrogen-bond donors (Lipinski definition) is 0. The Hall–Kier alpha value is -1.14. The minimum absolute atomic E-state index is 0.446. The first-order valence-electron chi connectivity index (χ1n) is 5.58. The third-order valence-electron chi connectivity index (χ3n) is 2.41. The summed E-state index contributed by atoms with van der Waals surface area (Å²) >= 11 is 1.53. The molecule has 0 spiro atoms. The molecule has 92 valence electrons. The molecule has 6 heteroatoms. The summed E-state index contributed by atoms with van der Waals surface area (Å²) in [6, 6.07) is 0. The average Bonchev–Trinajstić information content (AvgIpc) is 2.73. The second-order valence-electron chi connectivity index (χ2n) is 3.71. The average molecular weight is 252 g/mol. The molecule has 0 fully saturated rings. The zero-order chi connectivity index (χ0) is 12.3. The maximum absolute atomic E-state index is 5.48. The van der Waals surface area contributed by atoms with Crippen molar-refractivity contribution in [3.05, 3.63) is 11.9 Å². The summed E-state index contributed by atoms with van der Waals surface area (Å²) in [5, 5.41) is 6.04.